The molecule has 0 aliphatic carbocycles. The van der Waals surface area contributed by atoms with E-state index in [9.17, 15) is 13.2 Å². The molecule has 0 bridgehead atoms. The van der Waals surface area contributed by atoms with Gasteiger partial charge in [-0.15, -0.1) is 10.2 Å². The molecule has 0 saturated carbocycles. The maximum Gasteiger partial charge on any atom is 0.277 e. The Morgan fingerprint density at radius 3 is 2.39 bits per heavy atom. The first-order valence-corrected chi connectivity index (χ1v) is 13.3. The van der Waals surface area contributed by atoms with Crippen molar-refractivity contribution in [2.24, 2.45) is 0 Å². The Labute approximate surface area is 187 Å². The summed E-state index contributed by atoms with van der Waals surface area (Å²) in [7, 11) is -3.53. The van der Waals surface area contributed by atoms with Crippen LogP contribution in [0.1, 0.15) is 44.9 Å². The second-order valence-electron chi connectivity index (χ2n) is 7.95. The topological polar surface area (TPSA) is 96.6 Å². The molecule has 2 fully saturated rings. The molecule has 1 aromatic carbocycles. The van der Waals surface area contributed by atoms with Gasteiger partial charge in [-0.3, -0.25) is 4.79 Å². The highest BCUT2D eigenvalue weighted by atomic mass is 32.2. The van der Waals surface area contributed by atoms with E-state index in [4.69, 9.17) is 4.42 Å². The standard InChI is InChI=1S/C21H28N4O4S2/c26-19(24-11-4-1-2-5-12-24)16-30-21-23-22-20(29-21)17-9-8-10-18(15-17)31(27,28)25-13-6-3-7-14-25/h8-10,15H,1-7,11-14,16H2. The van der Waals surface area contributed by atoms with Crippen molar-refractivity contribution < 1.29 is 17.6 Å². The van der Waals surface area contributed by atoms with Gasteiger partial charge in [0.1, 0.15) is 0 Å². The van der Waals surface area contributed by atoms with E-state index in [0.717, 1.165) is 45.2 Å². The van der Waals surface area contributed by atoms with Gasteiger partial charge in [-0.25, -0.2) is 8.42 Å². The smallest absolute Gasteiger partial charge is 0.277 e. The molecule has 3 heterocycles. The fraction of sp³-hybridized carbons (Fsp3) is 0.571. The zero-order valence-electron chi connectivity index (χ0n) is 17.5. The second kappa shape index (κ2) is 10.1. The largest absolute Gasteiger partial charge is 0.411 e. The van der Waals surface area contributed by atoms with Crippen molar-refractivity contribution in [3.05, 3.63) is 24.3 Å². The van der Waals surface area contributed by atoms with Crippen LogP contribution in [0.15, 0.2) is 38.8 Å². The Morgan fingerprint density at radius 1 is 0.968 bits per heavy atom. The Kier molecular flexibility index (Phi) is 7.29. The van der Waals surface area contributed by atoms with E-state index >= 15 is 0 Å². The van der Waals surface area contributed by atoms with Crippen molar-refractivity contribution in [2.45, 2.75) is 55.1 Å². The van der Waals surface area contributed by atoms with Crippen LogP contribution in [0.5, 0.6) is 0 Å². The molecule has 168 valence electrons. The molecule has 0 atom stereocenters. The number of rotatable bonds is 6. The number of carbonyl (C=O) groups excluding carboxylic acids is 1. The summed E-state index contributed by atoms with van der Waals surface area (Å²) in [6, 6.07) is 6.61. The molecular weight excluding hydrogens is 436 g/mol. The van der Waals surface area contributed by atoms with Crippen molar-refractivity contribution in [2.75, 3.05) is 31.9 Å². The van der Waals surface area contributed by atoms with Crippen LogP contribution in [0.2, 0.25) is 0 Å². The van der Waals surface area contributed by atoms with Crippen LogP contribution in [-0.4, -0.2) is 65.7 Å². The summed E-state index contributed by atoms with van der Waals surface area (Å²) >= 11 is 1.22. The van der Waals surface area contributed by atoms with Gasteiger partial charge in [0.2, 0.25) is 21.8 Å². The van der Waals surface area contributed by atoms with Crippen molar-refractivity contribution in [3.63, 3.8) is 0 Å². The Morgan fingerprint density at radius 2 is 1.65 bits per heavy atom. The first kappa shape index (κ1) is 22.3. The number of nitrogens with zero attached hydrogens (tertiary/aromatic N) is 4. The van der Waals surface area contributed by atoms with Crippen molar-refractivity contribution in [1.82, 2.24) is 19.4 Å². The number of sulfonamides is 1. The van der Waals surface area contributed by atoms with Gasteiger partial charge in [-0.2, -0.15) is 4.31 Å². The number of carbonyl (C=O) groups is 1. The first-order chi connectivity index (χ1) is 15.0. The number of likely N-dealkylation sites (tertiary alicyclic amines) is 1. The molecule has 2 aliphatic heterocycles. The molecular formula is C21H28N4O4S2. The fourth-order valence-electron chi connectivity index (χ4n) is 3.96. The maximum absolute atomic E-state index is 12.9. The molecule has 0 spiro atoms. The van der Waals surface area contributed by atoms with Gasteiger partial charge in [0.05, 0.1) is 10.6 Å². The van der Waals surface area contributed by atoms with Gasteiger partial charge >= 0.3 is 0 Å². The number of amides is 1. The van der Waals surface area contributed by atoms with Crippen molar-refractivity contribution >= 4 is 27.7 Å². The summed E-state index contributed by atoms with van der Waals surface area (Å²) in [6.45, 7) is 2.73. The molecule has 0 N–H and O–H groups in total. The third-order valence-electron chi connectivity index (χ3n) is 5.72. The number of benzene rings is 1. The molecule has 31 heavy (non-hydrogen) atoms. The SMILES string of the molecule is O=C(CSc1nnc(-c2cccc(S(=O)(=O)N3CCCCC3)c2)o1)N1CCCCCC1. The molecule has 1 aromatic heterocycles. The summed E-state index contributed by atoms with van der Waals surface area (Å²) < 4.78 is 33.1. The average Bonchev–Trinajstić information content (AvgIpc) is 3.11. The molecule has 10 heteroatoms. The summed E-state index contributed by atoms with van der Waals surface area (Å²) in [5.74, 6) is 0.590. The van der Waals surface area contributed by atoms with E-state index in [1.54, 1.807) is 28.6 Å². The lowest BCUT2D eigenvalue weighted by molar-refractivity contribution is -0.128. The Balaban J connectivity index is 1.42. The third-order valence-corrected chi connectivity index (χ3v) is 8.42. The van der Waals surface area contributed by atoms with E-state index in [1.807, 2.05) is 4.90 Å². The average molecular weight is 465 g/mol. The lowest BCUT2D eigenvalue weighted by atomic mass is 10.2. The lowest BCUT2D eigenvalue weighted by Gasteiger charge is -2.25. The number of piperidine rings is 1. The van der Waals surface area contributed by atoms with Crippen LogP contribution in [0.4, 0.5) is 0 Å². The number of hydrogen-bond acceptors (Lipinski definition) is 7. The quantitative estimate of drug-likeness (QED) is 0.605. The minimum atomic E-state index is -3.53. The molecule has 2 aromatic rings. The fourth-order valence-corrected chi connectivity index (χ4v) is 6.19. The third kappa shape index (κ3) is 5.48. The van der Waals surface area contributed by atoms with E-state index in [-0.39, 0.29) is 22.4 Å². The van der Waals surface area contributed by atoms with Crippen LogP contribution in [0.3, 0.4) is 0 Å². The molecule has 2 saturated heterocycles. The highest BCUT2D eigenvalue weighted by Crippen LogP contribution is 2.27. The van der Waals surface area contributed by atoms with Crippen molar-refractivity contribution in [1.29, 1.82) is 0 Å². The van der Waals surface area contributed by atoms with E-state index in [2.05, 4.69) is 10.2 Å². The van der Waals surface area contributed by atoms with Crippen LogP contribution in [-0.2, 0) is 14.8 Å². The zero-order chi connectivity index (χ0) is 21.7. The Hall–Kier alpha value is -1.91. The molecule has 0 radical (unpaired) electrons. The number of aromatic nitrogens is 2. The molecule has 2 aliphatic rings. The summed E-state index contributed by atoms with van der Waals surface area (Å²) in [5.41, 5.74) is 0.552. The molecule has 8 nitrogen and oxygen atoms in total. The summed E-state index contributed by atoms with van der Waals surface area (Å²) in [6.07, 6.45) is 7.30. The van der Waals surface area contributed by atoms with Gasteiger partial charge in [0.25, 0.3) is 5.22 Å². The highest BCUT2D eigenvalue weighted by molar-refractivity contribution is 7.99. The van der Waals surface area contributed by atoms with Gasteiger partial charge in [0.15, 0.2) is 0 Å². The van der Waals surface area contributed by atoms with Gasteiger partial charge in [0, 0.05) is 31.7 Å². The monoisotopic (exact) mass is 464 g/mol. The summed E-state index contributed by atoms with van der Waals surface area (Å²) in [5, 5.41) is 8.39. The first-order valence-electron chi connectivity index (χ1n) is 10.9. The van der Waals surface area contributed by atoms with Crippen LogP contribution in [0.25, 0.3) is 11.5 Å². The predicted octanol–water partition coefficient (Wildman–Crippen LogP) is 3.41. The van der Waals surface area contributed by atoms with Crippen molar-refractivity contribution in [3.8, 4) is 11.5 Å². The van der Waals surface area contributed by atoms with Crippen LogP contribution in [0, 0.1) is 0 Å². The van der Waals surface area contributed by atoms with E-state index in [1.165, 1.54) is 24.6 Å². The minimum absolute atomic E-state index is 0.0845. The molecule has 1 amide bonds. The lowest BCUT2D eigenvalue weighted by Crippen LogP contribution is -2.35. The highest BCUT2D eigenvalue weighted by Gasteiger charge is 2.26. The van der Waals surface area contributed by atoms with Crippen LogP contribution >= 0.6 is 11.8 Å². The normalized spacial score (nSPS) is 18.6. The van der Waals surface area contributed by atoms with Gasteiger partial charge in [-0.1, -0.05) is 37.1 Å². The maximum atomic E-state index is 12.9. The summed E-state index contributed by atoms with van der Waals surface area (Å²) in [4.78, 5) is 14.6. The Bertz CT molecular complexity index is 994. The predicted molar refractivity (Wildman–Crippen MR) is 118 cm³/mol. The van der Waals surface area contributed by atoms with E-state index in [0.29, 0.717) is 23.9 Å². The minimum Gasteiger partial charge on any atom is -0.411 e. The molecule has 0 unspecified atom stereocenters. The molecule has 4 rings (SSSR count). The second-order valence-corrected chi connectivity index (χ2v) is 10.8. The van der Waals surface area contributed by atoms with Gasteiger partial charge < -0.3 is 9.32 Å². The number of thioether (sulfide) groups is 1. The van der Waals surface area contributed by atoms with Crippen LogP contribution < -0.4 is 0 Å². The van der Waals surface area contributed by atoms with E-state index < -0.39 is 10.0 Å². The van der Waals surface area contributed by atoms with Gasteiger partial charge in [-0.05, 0) is 43.9 Å². The number of hydrogen-bond donors (Lipinski definition) is 0. The zero-order valence-corrected chi connectivity index (χ0v) is 19.2.